The number of nitrogens with zero attached hydrogens (tertiary/aromatic N) is 2. The van der Waals surface area contributed by atoms with E-state index in [0.29, 0.717) is 12.2 Å². The van der Waals surface area contributed by atoms with E-state index in [9.17, 15) is 8.42 Å². The molecule has 0 saturated heterocycles. The standard InChI is InChI=1S/C10H13N3O4S/c1-2-13-6-8(5-11-13)12-18(15,16)10-4-3-9(7-14)17-10/h3-6,12,14H,2,7H2,1H3. The van der Waals surface area contributed by atoms with Crippen LogP contribution in [0.1, 0.15) is 12.7 Å². The number of hydrogen-bond acceptors (Lipinski definition) is 5. The van der Waals surface area contributed by atoms with Crippen molar-refractivity contribution in [2.75, 3.05) is 4.72 Å². The third kappa shape index (κ3) is 2.54. The zero-order valence-corrected chi connectivity index (χ0v) is 10.5. The minimum absolute atomic E-state index is 0.194. The lowest BCUT2D eigenvalue weighted by atomic mass is 10.5. The van der Waals surface area contributed by atoms with Gasteiger partial charge in [0.1, 0.15) is 12.4 Å². The van der Waals surface area contributed by atoms with Crippen LogP contribution in [0.4, 0.5) is 5.69 Å². The van der Waals surface area contributed by atoms with Crippen molar-refractivity contribution >= 4 is 15.7 Å². The zero-order chi connectivity index (χ0) is 13.2. The average molecular weight is 271 g/mol. The summed E-state index contributed by atoms with van der Waals surface area (Å²) in [5.74, 6) is 0.194. The van der Waals surface area contributed by atoms with Crippen molar-refractivity contribution in [1.82, 2.24) is 9.78 Å². The van der Waals surface area contributed by atoms with Gasteiger partial charge in [0.25, 0.3) is 10.0 Å². The summed E-state index contributed by atoms with van der Waals surface area (Å²) < 4.78 is 32.7. The number of sulfonamides is 1. The Kier molecular flexibility index (Phi) is 3.39. The summed E-state index contributed by atoms with van der Waals surface area (Å²) in [5.41, 5.74) is 0.360. The van der Waals surface area contributed by atoms with Crippen molar-refractivity contribution in [3.8, 4) is 0 Å². The molecule has 0 radical (unpaired) electrons. The number of rotatable bonds is 5. The highest BCUT2D eigenvalue weighted by molar-refractivity contribution is 7.92. The van der Waals surface area contributed by atoms with E-state index < -0.39 is 10.0 Å². The van der Waals surface area contributed by atoms with E-state index in [2.05, 4.69) is 9.82 Å². The first-order chi connectivity index (χ1) is 8.55. The average Bonchev–Trinajstić information content (AvgIpc) is 2.96. The van der Waals surface area contributed by atoms with Crippen molar-refractivity contribution in [1.29, 1.82) is 0 Å². The number of aliphatic hydroxyl groups excluding tert-OH is 1. The maximum Gasteiger partial charge on any atom is 0.295 e. The van der Waals surface area contributed by atoms with Crippen molar-refractivity contribution < 1.29 is 17.9 Å². The first-order valence-corrected chi connectivity index (χ1v) is 6.78. The van der Waals surface area contributed by atoms with E-state index in [-0.39, 0.29) is 17.5 Å². The molecule has 0 atom stereocenters. The topological polar surface area (TPSA) is 97.4 Å². The smallest absolute Gasteiger partial charge is 0.295 e. The number of aromatic nitrogens is 2. The Morgan fingerprint density at radius 1 is 1.50 bits per heavy atom. The molecule has 0 aliphatic rings. The maximum absolute atomic E-state index is 11.9. The number of nitrogens with one attached hydrogen (secondary N) is 1. The number of aryl methyl sites for hydroxylation is 1. The quantitative estimate of drug-likeness (QED) is 0.837. The van der Waals surface area contributed by atoms with E-state index in [1.807, 2.05) is 6.92 Å². The summed E-state index contributed by atoms with van der Waals surface area (Å²) in [6, 6.07) is 2.70. The molecular formula is C10H13N3O4S. The number of anilines is 1. The fourth-order valence-electron chi connectivity index (χ4n) is 1.38. The molecule has 7 nitrogen and oxygen atoms in total. The van der Waals surface area contributed by atoms with Crippen LogP contribution in [0.5, 0.6) is 0 Å². The predicted octanol–water partition coefficient (Wildman–Crippen LogP) is 0.789. The van der Waals surface area contributed by atoms with Gasteiger partial charge in [0.2, 0.25) is 5.09 Å². The first kappa shape index (κ1) is 12.7. The summed E-state index contributed by atoms with van der Waals surface area (Å²) in [6.07, 6.45) is 2.99. The lowest BCUT2D eigenvalue weighted by Crippen LogP contribution is -2.11. The molecule has 0 unspecified atom stereocenters. The molecule has 0 saturated carbocycles. The van der Waals surface area contributed by atoms with Gasteiger partial charge in [-0.1, -0.05) is 0 Å². The van der Waals surface area contributed by atoms with Crippen LogP contribution in [-0.2, 0) is 23.2 Å². The fraction of sp³-hybridized carbons (Fsp3) is 0.300. The van der Waals surface area contributed by atoms with E-state index in [1.54, 1.807) is 10.9 Å². The Morgan fingerprint density at radius 3 is 2.83 bits per heavy atom. The minimum Gasteiger partial charge on any atom is -0.445 e. The van der Waals surface area contributed by atoms with Crippen LogP contribution >= 0.6 is 0 Å². The molecule has 0 aromatic carbocycles. The lowest BCUT2D eigenvalue weighted by Gasteiger charge is -2.02. The van der Waals surface area contributed by atoms with Crippen LogP contribution in [0.15, 0.2) is 34.0 Å². The van der Waals surface area contributed by atoms with Gasteiger partial charge in [-0.15, -0.1) is 0 Å². The molecule has 0 amide bonds. The molecule has 8 heteroatoms. The van der Waals surface area contributed by atoms with E-state index in [0.717, 1.165) is 0 Å². The molecule has 0 aliphatic carbocycles. The van der Waals surface area contributed by atoms with E-state index in [1.165, 1.54) is 18.3 Å². The summed E-state index contributed by atoms with van der Waals surface area (Å²) in [5, 5.41) is 12.5. The summed E-state index contributed by atoms with van der Waals surface area (Å²) in [7, 11) is -3.78. The SMILES string of the molecule is CCn1cc(NS(=O)(=O)c2ccc(CO)o2)cn1. The third-order valence-corrected chi connectivity index (χ3v) is 3.52. The molecule has 2 heterocycles. The predicted molar refractivity (Wildman–Crippen MR) is 63.3 cm³/mol. The first-order valence-electron chi connectivity index (χ1n) is 5.30. The van der Waals surface area contributed by atoms with Crippen molar-refractivity contribution in [2.45, 2.75) is 25.2 Å². The van der Waals surface area contributed by atoms with Crippen molar-refractivity contribution in [3.05, 3.63) is 30.3 Å². The Hall–Kier alpha value is -1.80. The van der Waals surface area contributed by atoms with Crippen molar-refractivity contribution in [2.24, 2.45) is 0 Å². The molecule has 0 spiro atoms. The summed E-state index contributed by atoms with van der Waals surface area (Å²) in [6.45, 7) is 2.20. The van der Waals surface area contributed by atoms with Gasteiger partial charge >= 0.3 is 0 Å². The van der Waals surface area contributed by atoms with Gasteiger partial charge in [-0.2, -0.15) is 13.5 Å². The Labute approximate surface area is 104 Å². The molecular weight excluding hydrogens is 258 g/mol. The molecule has 2 aromatic rings. The van der Waals surface area contributed by atoms with Gasteiger partial charge in [0, 0.05) is 12.7 Å². The van der Waals surface area contributed by atoms with Crippen molar-refractivity contribution in [3.63, 3.8) is 0 Å². The highest BCUT2D eigenvalue weighted by atomic mass is 32.2. The van der Waals surface area contributed by atoms with Crippen LogP contribution in [0.3, 0.4) is 0 Å². The summed E-state index contributed by atoms with van der Waals surface area (Å²) in [4.78, 5) is 0. The largest absolute Gasteiger partial charge is 0.445 e. The number of hydrogen-bond donors (Lipinski definition) is 2. The molecule has 0 aliphatic heterocycles. The van der Waals surface area contributed by atoms with Crippen LogP contribution < -0.4 is 4.72 Å². The normalized spacial score (nSPS) is 11.7. The van der Waals surface area contributed by atoms with E-state index >= 15 is 0 Å². The molecule has 0 fully saturated rings. The van der Waals surface area contributed by atoms with Crippen LogP contribution in [0.25, 0.3) is 0 Å². The molecule has 2 rings (SSSR count). The highest BCUT2D eigenvalue weighted by Crippen LogP contribution is 2.18. The molecule has 2 N–H and O–H groups in total. The third-order valence-electron chi connectivity index (χ3n) is 2.27. The van der Waals surface area contributed by atoms with Gasteiger partial charge in [-0.05, 0) is 19.1 Å². The second-order valence-corrected chi connectivity index (χ2v) is 5.18. The Bertz CT molecular complexity index is 629. The lowest BCUT2D eigenvalue weighted by molar-refractivity contribution is 0.236. The van der Waals surface area contributed by atoms with Crippen LogP contribution in [0, 0.1) is 0 Å². The molecule has 2 aromatic heterocycles. The molecule has 18 heavy (non-hydrogen) atoms. The second kappa shape index (κ2) is 4.83. The minimum atomic E-state index is -3.78. The zero-order valence-electron chi connectivity index (χ0n) is 9.70. The van der Waals surface area contributed by atoms with Gasteiger partial charge in [-0.25, -0.2) is 0 Å². The number of furan rings is 1. The Balaban J connectivity index is 2.21. The van der Waals surface area contributed by atoms with Gasteiger partial charge < -0.3 is 9.52 Å². The molecule has 0 bridgehead atoms. The Morgan fingerprint density at radius 2 is 2.28 bits per heavy atom. The van der Waals surface area contributed by atoms with Gasteiger partial charge in [-0.3, -0.25) is 9.40 Å². The second-order valence-electron chi connectivity index (χ2n) is 3.57. The van der Waals surface area contributed by atoms with Gasteiger partial charge in [0.05, 0.1) is 11.9 Å². The fourth-order valence-corrected chi connectivity index (χ4v) is 2.36. The van der Waals surface area contributed by atoms with E-state index in [4.69, 9.17) is 9.52 Å². The van der Waals surface area contributed by atoms with Crippen LogP contribution in [0.2, 0.25) is 0 Å². The maximum atomic E-state index is 11.9. The summed E-state index contributed by atoms with van der Waals surface area (Å²) >= 11 is 0. The monoisotopic (exact) mass is 271 g/mol. The van der Waals surface area contributed by atoms with Gasteiger partial charge in [0.15, 0.2) is 0 Å². The molecule has 98 valence electrons. The van der Waals surface area contributed by atoms with Crippen LogP contribution in [-0.4, -0.2) is 23.3 Å². The number of aliphatic hydroxyl groups is 1. The highest BCUT2D eigenvalue weighted by Gasteiger charge is 2.19.